The van der Waals surface area contributed by atoms with Crippen LogP contribution in [-0.2, 0) is 0 Å². The van der Waals surface area contributed by atoms with E-state index < -0.39 is 6.10 Å². The van der Waals surface area contributed by atoms with E-state index in [1.54, 1.807) is 12.3 Å². The number of thiazole rings is 1. The Morgan fingerprint density at radius 3 is 2.67 bits per heavy atom. The minimum absolute atomic E-state index is 0.597. The van der Waals surface area contributed by atoms with Crippen molar-refractivity contribution >= 4 is 43.2 Å². The molecule has 0 saturated heterocycles. The van der Waals surface area contributed by atoms with Crippen LogP contribution in [0.2, 0.25) is 0 Å². The van der Waals surface area contributed by atoms with Gasteiger partial charge >= 0.3 is 0 Å². The van der Waals surface area contributed by atoms with E-state index in [1.807, 2.05) is 11.4 Å². The Kier molecular flexibility index (Phi) is 3.50. The SMILES string of the molecule is OC(c1ccc(Br)cn1)c1nc(Br)cs1. The summed E-state index contributed by atoms with van der Waals surface area (Å²) < 4.78 is 1.62. The van der Waals surface area contributed by atoms with Crippen LogP contribution in [0.25, 0.3) is 0 Å². The Morgan fingerprint density at radius 2 is 2.13 bits per heavy atom. The molecule has 0 aliphatic heterocycles. The Labute approximate surface area is 107 Å². The number of aromatic nitrogens is 2. The molecule has 0 aliphatic rings. The van der Waals surface area contributed by atoms with Gasteiger partial charge in [-0.25, -0.2) is 4.98 Å². The first kappa shape index (κ1) is 11.2. The van der Waals surface area contributed by atoms with E-state index in [2.05, 4.69) is 41.8 Å². The van der Waals surface area contributed by atoms with Crippen LogP contribution < -0.4 is 0 Å². The monoisotopic (exact) mass is 348 g/mol. The van der Waals surface area contributed by atoms with Gasteiger partial charge in [0.1, 0.15) is 15.7 Å². The summed E-state index contributed by atoms with van der Waals surface area (Å²) >= 11 is 7.93. The van der Waals surface area contributed by atoms with Crippen LogP contribution in [0.3, 0.4) is 0 Å². The minimum atomic E-state index is -0.755. The fourth-order valence-corrected chi connectivity index (χ4v) is 2.56. The van der Waals surface area contributed by atoms with E-state index in [1.165, 1.54) is 11.3 Å². The molecule has 2 rings (SSSR count). The summed E-state index contributed by atoms with van der Waals surface area (Å²) in [5.41, 5.74) is 0.597. The molecule has 0 spiro atoms. The third-order valence-corrected chi connectivity index (χ3v) is 3.83. The maximum absolute atomic E-state index is 9.95. The molecule has 3 nitrogen and oxygen atoms in total. The molecule has 0 amide bonds. The number of nitrogens with zero attached hydrogens (tertiary/aromatic N) is 2. The van der Waals surface area contributed by atoms with E-state index in [-0.39, 0.29) is 0 Å². The van der Waals surface area contributed by atoms with Crippen LogP contribution >= 0.6 is 43.2 Å². The summed E-state index contributed by atoms with van der Waals surface area (Å²) in [4.78, 5) is 8.26. The smallest absolute Gasteiger partial charge is 0.147 e. The van der Waals surface area contributed by atoms with Crippen LogP contribution in [0.1, 0.15) is 16.8 Å². The van der Waals surface area contributed by atoms with Gasteiger partial charge in [0.2, 0.25) is 0 Å². The molecule has 2 aromatic heterocycles. The zero-order valence-electron chi connectivity index (χ0n) is 7.39. The van der Waals surface area contributed by atoms with Gasteiger partial charge in [-0.1, -0.05) is 0 Å². The Morgan fingerprint density at radius 1 is 1.33 bits per heavy atom. The lowest BCUT2D eigenvalue weighted by atomic mass is 10.2. The van der Waals surface area contributed by atoms with E-state index in [9.17, 15) is 5.11 Å². The maximum atomic E-state index is 9.95. The quantitative estimate of drug-likeness (QED) is 0.905. The van der Waals surface area contributed by atoms with Gasteiger partial charge in [-0.3, -0.25) is 4.98 Å². The van der Waals surface area contributed by atoms with Gasteiger partial charge < -0.3 is 5.11 Å². The van der Waals surface area contributed by atoms with Gasteiger partial charge in [0.05, 0.1) is 5.69 Å². The number of aliphatic hydroxyl groups is 1. The van der Waals surface area contributed by atoms with E-state index in [0.717, 1.165) is 9.08 Å². The fourth-order valence-electron chi connectivity index (χ4n) is 1.07. The molecule has 78 valence electrons. The predicted molar refractivity (Wildman–Crippen MR) is 65.8 cm³/mol. The lowest BCUT2D eigenvalue weighted by Crippen LogP contribution is -2.01. The highest BCUT2D eigenvalue weighted by Crippen LogP contribution is 2.26. The summed E-state index contributed by atoms with van der Waals surface area (Å²) in [6.07, 6.45) is 0.899. The molecule has 0 fully saturated rings. The molecule has 1 unspecified atom stereocenters. The zero-order valence-corrected chi connectivity index (χ0v) is 11.4. The summed E-state index contributed by atoms with van der Waals surface area (Å²) in [7, 11) is 0. The van der Waals surface area contributed by atoms with Gasteiger partial charge in [0, 0.05) is 16.0 Å². The average molecular weight is 350 g/mol. The summed E-state index contributed by atoms with van der Waals surface area (Å²) in [6.45, 7) is 0. The van der Waals surface area contributed by atoms with Crippen LogP contribution in [0.5, 0.6) is 0 Å². The van der Waals surface area contributed by atoms with Gasteiger partial charge in [-0.05, 0) is 44.0 Å². The maximum Gasteiger partial charge on any atom is 0.147 e. The molecule has 0 saturated carbocycles. The first-order chi connectivity index (χ1) is 7.16. The second-order valence-corrected chi connectivity index (χ2v) is 5.43. The second kappa shape index (κ2) is 4.69. The highest BCUT2D eigenvalue weighted by molar-refractivity contribution is 9.10. The van der Waals surface area contributed by atoms with Crippen molar-refractivity contribution in [3.8, 4) is 0 Å². The van der Waals surface area contributed by atoms with Gasteiger partial charge in [0.15, 0.2) is 0 Å². The normalized spacial score (nSPS) is 12.7. The van der Waals surface area contributed by atoms with Crippen molar-refractivity contribution in [3.63, 3.8) is 0 Å². The van der Waals surface area contributed by atoms with Crippen LogP contribution in [0.15, 0.2) is 32.8 Å². The molecular formula is C9H6Br2N2OS. The minimum Gasteiger partial charge on any atom is -0.380 e. The molecular weight excluding hydrogens is 344 g/mol. The number of halogens is 2. The van der Waals surface area contributed by atoms with E-state index >= 15 is 0 Å². The second-order valence-electron chi connectivity index (χ2n) is 2.81. The molecule has 0 aromatic carbocycles. The molecule has 1 atom stereocenters. The molecule has 1 N–H and O–H groups in total. The van der Waals surface area contributed by atoms with Crippen LogP contribution in [0.4, 0.5) is 0 Å². The Bertz CT molecular complexity index is 457. The van der Waals surface area contributed by atoms with Gasteiger partial charge in [-0.2, -0.15) is 0 Å². The van der Waals surface area contributed by atoms with Gasteiger partial charge in [0.25, 0.3) is 0 Å². The molecule has 15 heavy (non-hydrogen) atoms. The van der Waals surface area contributed by atoms with Crippen molar-refractivity contribution in [2.45, 2.75) is 6.10 Å². The molecule has 0 bridgehead atoms. The lowest BCUT2D eigenvalue weighted by Gasteiger charge is -2.05. The highest BCUT2D eigenvalue weighted by atomic mass is 79.9. The van der Waals surface area contributed by atoms with Gasteiger partial charge in [-0.15, -0.1) is 11.3 Å². The highest BCUT2D eigenvalue weighted by Gasteiger charge is 2.15. The van der Waals surface area contributed by atoms with Crippen molar-refractivity contribution in [3.05, 3.63) is 43.5 Å². The number of aliphatic hydroxyl groups excluding tert-OH is 1. The third kappa shape index (κ3) is 2.63. The first-order valence-corrected chi connectivity index (χ1v) is 6.54. The fraction of sp³-hybridized carbons (Fsp3) is 0.111. The summed E-state index contributed by atoms with van der Waals surface area (Å²) in [6, 6.07) is 3.61. The number of rotatable bonds is 2. The number of hydrogen-bond donors (Lipinski definition) is 1. The average Bonchev–Trinajstić information content (AvgIpc) is 2.65. The summed E-state index contributed by atoms with van der Waals surface area (Å²) in [5.74, 6) is 0. The largest absolute Gasteiger partial charge is 0.380 e. The van der Waals surface area contributed by atoms with Crippen molar-refractivity contribution in [2.24, 2.45) is 0 Å². The molecule has 0 aliphatic carbocycles. The van der Waals surface area contributed by atoms with Crippen molar-refractivity contribution in [1.29, 1.82) is 0 Å². The van der Waals surface area contributed by atoms with Crippen molar-refractivity contribution in [1.82, 2.24) is 9.97 Å². The predicted octanol–water partition coefficient (Wildman–Crippen LogP) is 3.14. The van der Waals surface area contributed by atoms with E-state index in [4.69, 9.17) is 0 Å². The Balaban J connectivity index is 2.28. The van der Waals surface area contributed by atoms with E-state index in [0.29, 0.717) is 10.7 Å². The molecule has 6 heteroatoms. The Hall–Kier alpha value is -0.300. The topological polar surface area (TPSA) is 46.0 Å². The van der Waals surface area contributed by atoms with Crippen LogP contribution in [-0.4, -0.2) is 15.1 Å². The standard InChI is InChI=1S/C9H6Br2N2OS/c10-5-1-2-6(12-3-5)8(14)9-13-7(11)4-15-9/h1-4,8,14H. The van der Waals surface area contributed by atoms with Crippen LogP contribution in [0, 0.1) is 0 Å². The number of pyridine rings is 1. The molecule has 2 heterocycles. The lowest BCUT2D eigenvalue weighted by molar-refractivity contribution is 0.214. The first-order valence-electron chi connectivity index (χ1n) is 4.07. The third-order valence-electron chi connectivity index (χ3n) is 1.76. The van der Waals surface area contributed by atoms with Crippen molar-refractivity contribution < 1.29 is 5.11 Å². The van der Waals surface area contributed by atoms with Crippen molar-refractivity contribution in [2.75, 3.05) is 0 Å². The number of hydrogen-bond acceptors (Lipinski definition) is 4. The molecule has 2 aromatic rings. The summed E-state index contributed by atoms with van der Waals surface area (Å²) in [5, 5.41) is 12.4. The zero-order chi connectivity index (χ0) is 10.8. The molecule has 0 radical (unpaired) electrons.